The van der Waals surface area contributed by atoms with Gasteiger partial charge in [0.25, 0.3) is 5.69 Å². The fourth-order valence-corrected chi connectivity index (χ4v) is 2.25. The van der Waals surface area contributed by atoms with E-state index in [1.54, 1.807) is 24.1 Å². The van der Waals surface area contributed by atoms with Crippen molar-refractivity contribution >= 4 is 39.9 Å². The van der Waals surface area contributed by atoms with Crippen LogP contribution in [0.1, 0.15) is 0 Å². The van der Waals surface area contributed by atoms with Crippen molar-refractivity contribution in [1.29, 1.82) is 0 Å². The summed E-state index contributed by atoms with van der Waals surface area (Å²) in [5.41, 5.74) is 0.335. The Hall–Kier alpha value is -2.67. The van der Waals surface area contributed by atoms with E-state index in [0.29, 0.717) is 22.6 Å². The van der Waals surface area contributed by atoms with Gasteiger partial charge < -0.3 is 4.42 Å². The summed E-state index contributed by atoms with van der Waals surface area (Å²) >= 11 is 5.90. The third-order valence-electron chi connectivity index (χ3n) is 3.03. The number of anilines is 2. The first-order chi connectivity index (χ1) is 10.1. The number of furan rings is 1. The van der Waals surface area contributed by atoms with Crippen molar-refractivity contribution in [2.45, 2.75) is 0 Å². The maximum Gasteiger partial charge on any atom is 0.288 e. The van der Waals surface area contributed by atoms with Crippen LogP contribution >= 0.6 is 11.6 Å². The molecule has 8 heteroatoms. The molecule has 0 unspecified atom stereocenters. The predicted octanol–water partition coefficient (Wildman–Crippen LogP) is 3.55. The number of fused-ring (bicyclic) bond motifs is 1. The summed E-state index contributed by atoms with van der Waals surface area (Å²) in [6.07, 6.45) is 2.91. The van der Waals surface area contributed by atoms with Crippen molar-refractivity contribution in [1.82, 2.24) is 9.97 Å². The molecule has 7 nitrogen and oxygen atoms in total. The van der Waals surface area contributed by atoms with Crippen molar-refractivity contribution in [2.24, 2.45) is 0 Å². The molecule has 106 valence electrons. The van der Waals surface area contributed by atoms with Gasteiger partial charge in [-0.05, 0) is 12.1 Å². The maximum absolute atomic E-state index is 11.0. The van der Waals surface area contributed by atoms with Crippen molar-refractivity contribution in [2.75, 3.05) is 11.9 Å². The molecular weight excluding hydrogens is 296 g/mol. The monoisotopic (exact) mass is 304 g/mol. The maximum atomic E-state index is 11.0. The molecule has 0 atom stereocenters. The summed E-state index contributed by atoms with van der Waals surface area (Å²) in [4.78, 5) is 20.4. The van der Waals surface area contributed by atoms with Gasteiger partial charge in [0.05, 0.1) is 22.1 Å². The smallest absolute Gasteiger partial charge is 0.288 e. The Morgan fingerprint density at radius 2 is 2.19 bits per heavy atom. The number of nitrogens with zero attached hydrogens (tertiary/aromatic N) is 4. The highest BCUT2D eigenvalue weighted by atomic mass is 35.5. The normalized spacial score (nSPS) is 10.8. The molecule has 1 aromatic carbocycles. The fraction of sp³-hybridized carbons (Fsp3) is 0.0769. The summed E-state index contributed by atoms with van der Waals surface area (Å²) in [6, 6.07) is 6.33. The first kappa shape index (κ1) is 13.3. The second-order valence-electron chi connectivity index (χ2n) is 4.29. The van der Waals surface area contributed by atoms with Crippen molar-refractivity contribution in [3.63, 3.8) is 0 Å². The Balaban J connectivity index is 2.23. The molecule has 21 heavy (non-hydrogen) atoms. The van der Waals surface area contributed by atoms with Gasteiger partial charge in [0.2, 0.25) is 5.88 Å². The van der Waals surface area contributed by atoms with Gasteiger partial charge in [-0.15, -0.1) is 0 Å². The van der Waals surface area contributed by atoms with Gasteiger partial charge in [-0.3, -0.25) is 15.0 Å². The molecule has 2 heterocycles. The highest BCUT2D eigenvalue weighted by Crippen LogP contribution is 2.34. The lowest BCUT2D eigenvalue weighted by atomic mass is 10.2. The highest BCUT2D eigenvalue weighted by Gasteiger charge is 2.19. The zero-order valence-corrected chi connectivity index (χ0v) is 11.6. The number of benzene rings is 1. The van der Waals surface area contributed by atoms with Gasteiger partial charge in [0.15, 0.2) is 0 Å². The van der Waals surface area contributed by atoms with Gasteiger partial charge in [0.1, 0.15) is 17.2 Å². The summed E-state index contributed by atoms with van der Waals surface area (Å²) in [5.74, 6) is 1.06. The summed E-state index contributed by atoms with van der Waals surface area (Å²) < 4.78 is 5.31. The van der Waals surface area contributed by atoms with Crippen LogP contribution in [0.3, 0.4) is 0 Å². The Bertz CT molecular complexity index is 820. The van der Waals surface area contributed by atoms with Crippen LogP contribution in [0.4, 0.5) is 17.4 Å². The molecule has 0 bridgehead atoms. The molecule has 2 aromatic heterocycles. The Labute approximate surface area is 123 Å². The molecule has 0 aliphatic carbocycles. The minimum atomic E-state index is -0.536. The van der Waals surface area contributed by atoms with Crippen LogP contribution in [0.2, 0.25) is 5.02 Å². The number of halogens is 1. The molecular formula is C13H9ClN4O3. The lowest BCUT2D eigenvalue weighted by Crippen LogP contribution is -2.11. The van der Waals surface area contributed by atoms with Crippen LogP contribution in [-0.4, -0.2) is 21.9 Å². The Morgan fingerprint density at radius 3 is 2.86 bits per heavy atom. The quantitative estimate of drug-likeness (QED) is 0.543. The number of nitro benzene ring substituents is 1. The molecule has 0 saturated heterocycles. The van der Waals surface area contributed by atoms with E-state index in [4.69, 9.17) is 16.0 Å². The van der Waals surface area contributed by atoms with Crippen LogP contribution in [0, 0.1) is 10.1 Å². The number of aromatic nitrogens is 2. The van der Waals surface area contributed by atoms with Crippen LogP contribution in [0.5, 0.6) is 0 Å². The molecule has 0 aliphatic rings. The van der Waals surface area contributed by atoms with Crippen molar-refractivity contribution < 1.29 is 9.34 Å². The largest absolute Gasteiger partial charge is 0.448 e. The third-order valence-corrected chi connectivity index (χ3v) is 3.34. The number of hydrogen-bond acceptors (Lipinski definition) is 6. The molecule has 0 N–H and O–H groups in total. The topological polar surface area (TPSA) is 85.3 Å². The van der Waals surface area contributed by atoms with Gasteiger partial charge in [-0.2, -0.15) is 0 Å². The average Bonchev–Trinajstić information content (AvgIpc) is 2.99. The van der Waals surface area contributed by atoms with Gasteiger partial charge >= 0.3 is 0 Å². The van der Waals surface area contributed by atoms with Crippen molar-refractivity contribution in [3.8, 4) is 0 Å². The average molecular weight is 305 g/mol. The highest BCUT2D eigenvalue weighted by molar-refractivity contribution is 6.33. The van der Waals surface area contributed by atoms with Gasteiger partial charge in [-0.1, -0.05) is 11.6 Å². The molecule has 3 rings (SSSR count). The van der Waals surface area contributed by atoms with Crippen LogP contribution in [-0.2, 0) is 0 Å². The van der Waals surface area contributed by atoms with E-state index in [2.05, 4.69) is 9.97 Å². The molecule has 0 radical (unpaired) electrons. The van der Waals surface area contributed by atoms with E-state index in [0.717, 1.165) is 0 Å². The molecule has 0 saturated carbocycles. The van der Waals surface area contributed by atoms with Gasteiger partial charge in [0, 0.05) is 19.2 Å². The Kier molecular flexibility index (Phi) is 3.19. The third kappa shape index (κ3) is 2.27. The number of nitro groups is 1. The molecule has 0 amide bonds. The van der Waals surface area contributed by atoms with Crippen LogP contribution < -0.4 is 4.90 Å². The van der Waals surface area contributed by atoms with E-state index in [-0.39, 0.29) is 10.7 Å². The van der Waals surface area contributed by atoms with E-state index >= 15 is 0 Å². The zero-order valence-electron chi connectivity index (χ0n) is 10.9. The molecule has 0 aliphatic heterocycles. The minimum absolute atomic E-state index is 0.0396. The first-order valence-corrected chi connectivity index (χ1v) is 6.31. The lowest BCUT2D eigenvalue weighted by Gasteiger charge is -2.16. The van der Waals surface area contributed by atoms with Crippen LogP contribution in [0.15, 0.2) is 41.3 Å². The Morgan fingerprint density at radius 1 is 1.38 bits per heavy atom. The van der Waals surface area contributed by atoms with Gasteiger partial charge in [-0.25, -0.2) is 9.97 Å². The zero-order chi connectivity index (χ0) is 15.0. The summed E-state index contributed by atoms with van der Waals surface area (Å²) in [6.45, 7) is 0. The molecule has 3 aromatic rings. The molecule has 0 spiro atoms. The van der Waals surface area contributed by atoms with Crippen LogP contribution in [0.25, 0.3) is 10.9 Å². The van der Waals surface area contributed by atoms with E-state index in [1.165, 1.54) is 24.7 Å². The second kappa shape index (κ2) is 5.02. The number of rotatable bonds is 3. The summed E-state index contributed by atoms with van der Waals surface area (Å²) in [7, 11) is 1.75. The first-order valence-electron chi connectivity index (χ1n) is 5.94. The predicted molar refractivity (Wildman–Crippen MR) is 78.0 cm³/mol. The fourth-order valence-electron chi connectivity index (χ4n) is 2.02. The minimum Gasteiger partial charge on any atom is -0.448 e. The van der Waals surface area contributed by atoms with E-state index < -0.39 is 4.92 Å². The van der Waals surface area contributed by atoms with E-state index in [9.17, 15) is 10.1 Å². The molecule has 0 fully saturated rings. The standard InChI is InChI=1S/C13H9ClN4O3/c1-17(12-3-2-4-21-12)13-8-5-11(18(19)20)9(14)6-10(8)15-7-16-13/h2-7H,1H3. The summed E-state index contributed by atoms with van der Waals surface area (Å²) in [5, 5.41) is 11.6. The van der Waals surface area contributed by atoms with E-state index in [1.807, 2.05) is 0 Å². The lowest BCUT2D eigenvalue weighted by molar-refractivity contribution is -0.384. The SMILES string of the molecule is CN(c1ccco1)c1ncnc2cc(Cl)c([N+](=O)[O-])cc12. The number of hydrogen-bond donors (Lipinski definition) is 0. The van der Waals surface area contributed by atoms with Crippen molar-refractivity contribution in [3.05, 3.63) is 52.0 Å². The second-order valence-corrected chi connectivity index (χ2v) is 4.69.